The summed E-state index contributed by atoms with van der Waals surface area (Å²) in [4.78, 5) is 5.59. The SMILES string of the molecule is CCn1ncnc1CC(Cc1cccs1)NN. The van der Waals surface area contributed by atoms with Gasteiger partial charge in [-0.3, -0.25) is 16.0 Å². The van der Waals surface area contributed by atoms with Gasteiger partial charge in [-0.15, -0.1) is 11.3 Å². The van der Waals surface area contributed by atoms with Gasteiger partial charge in [0.2, 0.25) is 0 Å². The zero-order valence-electron chi connectivity index (χ0n) is 9.84. The van der Waals surface area contributed by atoms with Crippen LogP contribution in [0.3, 0.4) is 0 Å². The van der Waals surface area contributed by atoms with E-state index in [4.69, 9.17) is 5.84 Å². The maximum atomic E-state index is 5.59. The number of rotatable bonds is 6. The molecule has 0 aliphatic heterocycles. The summed E-state index contributed by atoms with van der Waals surface area (Å²) in [7, 11) is 0. The third-order valence-electron chi connectivity index (χ3n) is 2.69. The van der Waals surface area contributed by atoms with E-state index in [0.717, 1.165) is 25.2 Å². The Kier molecular flexibility index (Phi) is 4.24. The van der Waals surface area contributed by atoms with E-state index >= 15 is 0 Å². The number of aryl methyl sites for hydroxylation is 1. The molecule has 0 aliphatic rings. The van der Waals surface area contributed by atoms with E-state index in [1.807, 2.05) is 4.68 Å². The van der Waals surface area contributed by atoms with Crippen LogP contribution in [0.2, 0.25) is 0 Å². The van der Waals surface area contributed by atoms with Crippen LogP contribution in [0.1, 0.15) is 17.6 Å². The van der Waals surface area contributed by atoms with E-state index in [2.05, 4.69) is 39.9 Å². The van der Waals surface area contributed by atoms with Crippen LogP contribution in [0.4, 0.5) is 0 Å². The Morgan fingerprint density at radius 1 is 1.53 bits per heavy atom. The highest BCUT2D eigenvalue weighted by atomic mass is 32.1. The molecule has 0 amide bonds. The monoisotopic (exact) mass is 251 g/mol. The van der Waals surface area contributed by atoms with Gasteiger partial charge in [-0.05, 0) is 24.8 Å². The predicted molar refractivity (Wildman–Crippen MR) is 68.5 cm³/mol. The van der Waals surface area contributed by atoms with Gasteiger partial charge in [0.05, 0.1) is 0 Å². The Labute approximate surface area is 105 Å². The molecule has 5 nitrogen and oxygen atoms in total. The number of hydrogen-bond donors (Lipinski definition) is 2. The molecule has 0 saturated carbocycles. The standard InChI is InChI=1S/C11H17N5S/c1-2-16-11(13-8-14-16)7-9(15-12)6-10-4-3-5-17-10/h3-5,8-9,15H,2,6-7,12H2,1H3. The van der Waals surface area contributed by atoms with Crippen molar-refractivity contribution in [3.63, 3.8) is 0 Å². The molecule has 1 atom stereocenters. The Hall–Kier alpha value is -1.24. The van der Waals surface area contributed by atoms with Crippen molar-refractivity contribution in [1.29, 1.82) is 0 Å². The van der Waals surface area contributed by atoms with Crippen LogP contribution in [-0.4, -0.2) is 20.8 Å². The molecule has 0 fully saturated rings. The van der Waals surface area contributed by atoms with Gasteiger partial charge < -0.3 is 0 Å². The summed E-state index contributed by atoms with van der Waals surface area (Å²) < 4.78 is 1.90. The number of hydrogen-bond acceptors (Lipinski definition) is 5. The molecule has 0 spiro atoms. The quantitative estimate of drug-likeness (QED) is 0.593. The summed E-state index contributed by atoms with van der Waals surface area (Å²) in [5, 5.41) is 6.24. The Balaban J connectivity index is 2.00. The van der Waals surface area contributed by atoms with E-state index < -0.39 is 0 Å². The second-order valence-electron chi connectivity index (χ2n) is 3.84. The number of thiophene rings is 1. The normalized spacial score (nSPS) is 12.8. The molecule has 1 unspecified atom stereocenters. The van der Waals surface area contributed by atoms with Gasteiger partial charge in [-0.2, -0.15) is 5.10 Å². The Bertz CT molecular complexity index is 436. The van der Waals surface area contributed by atoms with Gasteiger partial charge >= 0.3 is 0 Å². The Morgan fingerprint density at radius 2 is 2.41 bits per heavy atom. The molecule has 0 bridgehead atoms. The number of nitrogens with one attached hydrogen (secondary N) is 1. The summed E-state index contributed by atoms with van der Waals surface area (Å²) in [6.07, 6.45) is 3.31. The second-order valence-corrected chi connectivity index (χ2v) is 4.88. The topological polar surface area (TPSA) is 68.8 Å². The van der Waals surface area contributed by atoms with Crippen molar-refractivity contribution in [3.8, 4) is 0 Å². The van der Waals surface area contributed by atoms with Crippen LogP contribution >= 0.6 is 11.3 Å². The van der Waals surface area contributed by atoms with Crippen LogP contribution < -0.4 is 11.3 Å². The molecule has 0 radical (unpaired) electrons. The van der Waals surface area contributed by atoms with E-state index in [-0.39, 0.29) is 6.04 Å². The summed E-state index contributed by atoms with van der Waals surface area (Å²) in [6, 6.07) is 4.38. The molecule has 2 heterocycles. The first-order valence-electron chi connectivity index (χ1n) is 5.68. The highest BCUT2D eigenvalue weighted by Crippen LogP contribution is 2.12. The molecule has 0 aliphatic carbocycles. The maximum absolute atomic E-state index is 5.59. The number of nitrogens with zero attached hydrogens (tertiary/aromatic N) is 3. The van der Waals surface area contributed by atoms with Crippen LogP contribution in [0.25, 0.3) is 0 Å². The lowest BCUT2D eigenvalue weighted by atomic mass is 10.1. The van der Waals surface area contributed by atoms with Crippen molar-refractivity contribution in [2.24, 2.45) is 5.84 Å². The van der Waals surface area contributed by atoms with E-state index in [9.17, 15) is 0 Å². The molecule has 6 heteroatoms. The largest absolute Gasteiger partial charge is 0.271 e. The summed E-state index contributed by atoms with van der Waals surface area (Å²) in [5.74, 6) is 6.57. The van der Waals surface area contributed by atoms with Crippen molar-refractivity contribution in [2.45, 2.75) is 32.4 Å². The molecule has 0 aromatic carbocycles. The zero-order valence-corrected chi connectivity index (χ0v) is 10.7. The van der Waals surface area contributed by atoms with Crippen molar-refractivity contribution in [1.82, 2.24) is 20.2 Å². The molecule has 2 rings (SSSR count). The molecule has 17 heavy (non-hydrogen) atoms. The zero-order chi connectivity index (χ0) is 12.1. The predicted octanol–water partition coefficient (Wildman–Crippen LogP) is 0.977. The van der Waals surface area contributed by atoms with Crippen LogP contribution in [0.5, 0.6) is 0 Å². The fourth-order valence-corrected chi connectivity index (χ4v) is 2.58. The van der Waals surface area contributed by atoms with Gasteiger partial charge in [0.25, 0.3) is 0 Å². The lowest BCUT2D eigenvalue weighted by molar-refractivity contribution is 0.492. The van der Waals surface area contributed by atoms with Gasteiger partial charge in [-0.25, -0.2) is 4.98 Å². The summed E-state index contributed by atoms with van der Waals surface area (Å²) >= 11 is 1.75. The molecular formula is C11H17N5S. The van der Waals surface area contributed by atoms with Gasteiger partial charge in [0.15, 0.2) is 0 Å². The highest BCUT2D eigenvalue weighted by Gasteiger charge is 2.13. The minimum Gasteiger partial charge on any atom is -0.271 e. The third-order valence-corrected chi connectivity index (χ3v) is 3.59. The van der Waals surface area contributed by atoms with Gasteiger partial charge in [0, 0.05) is 23.9 Å². The van der Waals surface area contributed by atoms with Crippen molar-refractivity contribution < 1.29 is 0 Å². The average Bonchev–Trinajstić information content (AvgIpc) is 2.99. The van der Waals surface area contributed by atoms with Crippen LogP contribution in [-0.2, 0) is 19.4 Å². The first kappa shape index (κ1) is 12.2. The third kappa shape index (κ3) is 3.12. The van der Waals surface area contributed by atoms with E-state index in [1.165, 1.54) is 4.88 Å². The van der Waals surface area contributed by atoms with Gasteiger partial charge in [-0.1, -0.05) is 6.07 Å². The minimum absolute atomic E-state index is 0.197. The molecule has 2 aromatic heterocycles. The molecule has 2 aromatic rings. The maximum Gasteiger partial charge on any atom is 0.138 e. The summed E-state index contributed by atoms with van der Waals surface area (Å²) in [5.41, 5.74) is 2.86. The first-order valence-corrected chi connectivity index (χ1v) is 6.56. The van der Waals surface area contributed by atoms with Crippen LogP contribution in [0.15, 0.2) is 23.8 Å². The second kappa shape index (κ2) is 5.90. The van der Waals surface area contributed by atoms with Crippen molar-refractivity contribution >= 4 is 11.3 Å². The molecule has 3 N–H and O–H groups in total. The van der Waals surface area contributed by atoms with Crippen molar-refractivity contribution in [3.05, 3.63) is 34.5 Å². The Morgan fingerprint density at radius 3 is 3.06 bits per heavy atom. The first-order chi connectivity index (χ1) is 8.33. The summed E-state index contributed by atoms with van der Waals surface area (Å²) in [6.45, 7) is 2.90. The van der Waals surface area contributed by atoms with Gasteiger partial charge in [0.1, 0.15) is 12.2 Å². The number of nitrogens with two attached hydrogens (primary N) is 1. The van der Waals surface area contributed by atoms with Crippen LogP contribution in [0, 0.1) is 0 Å². The number of hydrazine groups is 1. The lowest BCUT2D eigenvalue weighted by Gasteiger charge is -2.14. The fraction of sp³-hybridized carbons (Fsp3) is 0.455. The van der Waals surface area contributed by atoms with E-state index in [1.54, 1.807) is 17.7 Å². The van der Waals surface area contributed by atoms with E-state index in [0.29, 0.717) is 0 Å². The molecule has 0 saturated heterocycles. The smallest absolute Gasteiger partial charge is 0.138 e. The molecular weight excluding hydrogens is 234 g/mol. The van der Waals surface area contributed by atoms with Crippen molar-refractivity contribution in [2.75, 3.05) is 0 Å². The molecule has 92 valence electrons. The fourth-order valence-electron chi connectivity index (χ4n) is 1.79. The average molecular weight is 251 g/mol. The lowest BCUT2D eigenvalue weighted by Crippen LogP contribution is -2.39. The number of aromatic nitrogens is 3. The minimum atomic E-state index is 0.197. The highest BCUT2D eigenvalue weighted by molar-refractivity contribution is 7.09.